The number of rotatable bonds is 7. The Morgan fingerprint density at radius 1 is 0.469 bits per heavy atom. The number of ether oxygens (including phenoxy) is 4. The van der Waals surface area contributed by atoms with Gasteiger partial charge in [0.25, 0.3) is 0 Å². The minimum atomic E-state index is -1.85. The Kier molecular flexibility index (Phi) is 10.1. The standard InChI is InChI=1S/C44H34O20/c45-19-11-26(51)34-32(12-19)61-40(16-2-4-22(47)25(50)6-16)42(64-44(60)18-9-30(55)38(58)31(56)10-18)36(34)35-27(52)14-23(48)20-13-33(62-43(59)17-7-28(53)37(57)29(54)8-17)39(63-41(20)35)15-1-3-21(46)24(49)5-15/h1-12,14,33,36,39-40,42,45-58H,13H2/t33-,36+,39+,40+,42+/m0/s1. The number of esters is 2. The fraction of sp³-hybridized carbons (Fsp3) is 0.136. The molecule has 0 spiro atoms. The van der Waals surface area contributed by atoms with E-state index in [1.54, 1.807) is 0 Å². The first kappa shape index (κ1) is 41.8. The Hall–Kier alpha value is -8.94. The van der Waals surface area contributed by atoms with Crippen molar-refractivity contribution < 1.29 is 100 Å². The molecule has 5 atom stereocenters. The zero-order valence-electron chi connectivity index (χ0n) is 32.3. The number of fused-ring (bicyclic) bond motifs is 2. The zero-order valence-corrected chi connectivity index (χ0v) is 32.3. The third kappa shape index (κ3) is 7.23. The molecule has 20 heteroatoms. The molecule has 0 fully saturated rings. The number of phenols is 14. The summed E-state index contributed by atoms with van der Waals surface area (Å²) in [7, 11) is 0. The fourth-order valence-electron chi connectivity index (χ4n) is 7.74. The van der Waals surface area contributed by atoms with Crippen LogP contribution < -0.4 is 9.47 Å². The highest BCUT2D eigenvalue weighted by Crippen LogP contribution is 2.58. The van der Waals surface area contributed by atoms with E-state index in [1.807, 2.05) is 0 Å². The van der Waals surface area contributed by atoms with Gasteiger partial charge in [-0.2, -0.15) is 0 Å². The molecule has 14 N–H and O–H groups in total. The molecule has 330 valence electrons. The summed E-state index contributed by atoms with van der Waals surface area (Å²) in [6.45, 7) is 0. The summed E-state index contributed by atoms with van der Waals surface area (Å²) < 4.78 is 24.6. The van der Waals surface area contributed by atoms with Gasteiger partial charge in [0, 0.05) is 52.4 Å². The van der Waals surface area contributed by atoms with Crippen LogP contribution in [-0.4, -0.2) is 95.6 Å². The number of aromatic hydroxyl groups is 14. The van der Waals surface area contributed by atoms with E-state index in [2.05, 4.69) is 0 Å². The lowest BCUT2D eigenvalue weighted by atomic mass is 9.77. The van der Waals surface area contributed by atoms with Crippen LogP contribution in [0.15, 0.2) is 78.9 Å². The molecule has 2 aliphatic heterocycles. The van der Waals surface area contributed by atoms with Gasteiger partial charge in [0.1, 0.15) is 40.6 Å². The van der Waals surface area contributed by atoms with Crippen LogP contribution >= 0.6 is 0 Å². The molecule has 0 aromatic heterocycles. The normalized spacial score (nSPS) is 18.7. The maximum absolute atomic E-state index is 14.1. The van der Waals surface area contributed by atoms with Crippen LogP contribution in [0.2, 0.25) is 0 Å². The average molecular weight is 883 g/mol. The lowest BCUT2D eigenvalue weighted by Crippen LogP contribution is -2.40. The summed E-state index contributed by atoms with van der Waals surface area (Å²) in [5.74, 6) is -15.6. The van der Waals surface area contributed by atoms with Crippen molar-refractivity contribution in [2.24, 2.45) is 0 Å². The molecule has 0 aliphatic carbocycles. The van der Waals surface area contributed by atoms with Crippen LogP contribution in [-0.2, 0) is 15.9 Å². The van der Waals surface area contributed by atoms with Gasteiger partial charge in [0.2, 0.25) is 0 Å². The monoisotopic (exact) mass is 882 g/mol. The van der Waals surface area contributed by atoms with Gasteiger partial charge >= 0.3 is 11.9 Å². The van der Waals surface area contributed by atoms with Gasteiger partial charge in [0.15, 0.2) is 75.8 Å². The largest absolute Gasteiger partial charge is 0.508 e. The van der Waals surface area contributed by atoms with Crippen molar-refractivity contribution in [3.63, 3.8) is 0 Å². The highest BCUT2D eigenvalue weighted by atomic mass is 16.6. The van der Waals surface area contributed by atoms with Crippen molar-refractivity contribution in [1.82, 2.24) is 0 Å². The van der Waals surface area contributed by atoms with Crippen molar-refractivity contribution in [3.8, 4) is 92.0 Å². The molecular weight excluding hydrogens is 848 g/mol. The fourth-order valence-corrected chi connectivity index (χ4v) is 7.74. The van der Waals surface area contributed by atoms with Gasteiger partial charge in [-0.15, -0.1) is 0 Å². The maximum atomic E-state index is 14.1. The molecule has 8 rings (SSSR count). The molecule has 0 unspecified atom stereocenters. The number of hydrogen-bond acceptors (Lipinski definition) is 20. The first-order chi connectivity index (χ1) is 30.3. The van der Waals surface area contributed by atoms with Crippen LogP contribution in [0.1, 0.15) is 66.7 Å². The lowest BCUT2D eigenvalue weighted by Gasteiger charge is -2.42. The smallest absolute Gasteiger partial charge is 0.338 e. The summed E-state index contributed by atoms with van der Waals surface area (Å²) in [6, 6.07) is 12.6. The van der Waals surface area contributed by atoms with Crippen LogP contribution in [0, 0.1) is 0 Å². The van der Waals surface area contributed by atoms with Crippen molar-refractivity contribution in [3.05, 3.63) is 118 Å². The second kappa shape index (κ2) is 15.5. The molecule has 6 aromatic rings. The molecule has 64 heavy (non-hydrogen) atoms. The summed E-state index contributed by atoms with van der Waals surface area (Å²) in [5.41, 5.74) is -1.85. The van der Waals surface area contributed by atoms with E-state index in [0.717, 1.165) is 66.7 Å². The maximum Gasteiger partial charge on any atom is 0.338 e. The number of carbonyl (C=O) groups is 2. The summed E-state index contributed by atoms with van der Waals surface area (Å²) in [5, 5.41) is 147. The first-order valence-corrected chi connectivity index (χ1v) is 18.7. The molecule has 20 nitrogen and oxygen atoms in total. The topological polar surface area (TPSA) is 354 Å². The van der Waals surface area contributed by atoms with Gasteiger partial charge < -0.3 is 90.4 Å². The Labute approximate surface area is 358 Å². The SMILES string of the molecule is O=C(O[C@@H]1[C@@H](c2c(O)cc(O)c3c2O[C@H](c2ccc(O)c(O)c2)[C@@H](OC(=O)c2cc(O)c(O)c(O)c2)C3)c2c(O)cc(O)cc2O[C@@H]1c1ccc(O)c(O)c1)c1cc(O)c(O)c(O)c1. The van der Waals surface area contributed by atoms with E-state index in [0.29, 0.717) is 0 Å². The second-order valence-corrected chi connectivity index (χ2v) is 14.8. The van der Waals surface area contributed by atoms with E-state index in [9.17, 15) is 81.1 Å². The highest BCUT2D eigenvalue weighted by molar-refractivity contribution is 5.92. The summed E-state index contributed by atoms with van der Waals surface area (Å²) in [4.78, 5) is 27.6. The number of benzene rings is 6. The number of hydrogen-bond donors (Lipinski definition) is 14. The quantitative estimate of drug-likeness (QED) is 0.0744. The second-order valence-electron chi connectivity index (χ2n) is 14.8. The molecule has 2 aliphatic rings. The van der Waals surface area contributed by atoms with Crippen LogP contribution in [0.5, 0.6) is 92.0 Å². The lowest BCUT2D eigenvalue weighted by molar-refractivity contribution is -0.0303. The van der Waals surface area contributed by atoms with Crippen molar-refractivity contribution >= 4 is 11.9 Å². The summed E-state index contributed by atoms with van der Waals surface area (Å²) >= 11 is 0. The molecule has 2 heterocycles. The van der Waals surface area contributed by atoms with Gasteiger partial charge in [0.05, 0.1) is 17.0 Å². The van der Waals surface area contributed by atoms with E-state index in [1.165, 1.54) is 12.1 Å². The minimum absolute atomic E-state index is 0.0106. The van der Waals surface area contributed by atoms with Gasteiger partial charge in [-0.1, -0.05) is 12.1 Å². The molecular formula is C44H34O20. The van der Waals surface area contributed by atoms with E-state index < -0.39 is 146 Å². The van der Waals surface area contributed by atoms with Crippen molar-refractivity contribution in [2.75, 3.05) is 0 Å². The van der Waals surface area contributed by atoms with Gasteiger partial charge in [-0.3, -0.25) is 0 Å². The molecule has 0 amide bonds. The molecule has 0 bridgehead atoms. The minimum Gasteiger partial charge on any atom is -0.508 e. The zero-order chi connectivity index (χ0) is 46.0. The van der Waals surface area contributed by atoms with E-state index in [-0.39, 0.29) is 33.6 Å². The third-order valence-corrected chi connectivity index (χ3v) is 10.7. The number of carbonyl (C=O) groups excluding carboxylic acids is 2. The molecule has 0 radical (unpaired) electrons. The Balaban J connectivity index is 1.34. The van der Waals surface area contributed by atoms with Gasteiger partial charge in [-0.25, -0.2) is 9.59 Å². The van der Waals surface area contributed by atoms with Crippen LogP contribution in [0.4, 0.5) is 0 Å². The van der Waals surface area contributed by atoms with Crippen molar-refractivity contribution in [2.45, 2.75) is 36.8 Å². The molecule has 0 saturated heterocycles. The number of phenolic OH excluding ortho intramolecular Hbond substituents is 14. The molecule has 0 saturated carbocycles. The predicted octanol–water partition coefficient (Wildman–Crippen LogP) is 4.96. The van der Waals surface area contributed by atoms with Gasteiger partial charge in [-0.05, 0) is 48.5 Å². The average Bonchev–Trinajstić information content (AvgIpc) is 3.23. The van der Waals surface area contributed by atoms with Crippen molar-refractivity contribution in [1.29, 1.82) is 0 Å². The Morgan fingerprint density at radius 2 is 0.969 bits per heavy atom. The third-order valence-electron chi connectivity index (χ3n) is 10.7. The first-order valence-electron chi connectivity index (χ1n) is 18.7. The van der Waals surface area contributed by atoms with E-state index in [4.69, 9.17) is 18.9 Å². The van der Waals surface area contributed by atoms with Crippen LogP contribution in [0.25, 0.3) is 0 Å². The summed E-state index contributed by atoms with van der Waals surface area (Å²) in [6.07, 6.45) is -6.98. The highest BCUT2D eigenvalue weighted by Gasteiger charge is 2.49. The Morgan fingerprint density at radius 3 is 1.50 bits per heavy atom. The predicted molar refractivity (Wildman–Crippen MR) is 213 cm³/mol. The van der Waals surface area contributed by atoms with Crippen LogP contribution in [0.3, 0.4) is 0 Å². The molecule has 6 aromatic carbocycles. The van der Waals surface area contributed by atoms with E-state index >= 15 is 0 Å². The Bertz CT molecular complexity index is 2860.